The molecule has 0 aliphatic heterocycles. The Morgan fingerprint density at radius 2 is 2.05 bits per heavy atom. The standard InChI is InChI=1S/C28H32FIN2O7/c1-3-25(35)32(9-7-17-5-4-6-20(29)11-17)22-14-19(28(37)31-8-10-33)15-23(26(22)36)39-27-21(30)12-18(16-34)13-24(27)38-2/h4-6,11-13,15-16,22-23,26,33,36H,3,7-10,14H2,1-2H3,(H,31,37). The number of hydrogen-bond donors (Lipinski definition) is 3. The molecule has 3 rings (SSSR count). The largest absolute Gasteiger partial charge is 0.493 e. The number of nitrogens with one attached hydrogen (secondary N) is 1. The molecule has 2 aromatic carbocycles. The number of ether oxygens (including phenoxy) is 2. The number of aliphatic hydroxyl groups excluding tert-OH is 2. The first kappa shape index (κ1) is 30.5. The number of nitrogens with zero attached hydrogens (tertiary/aromatic N) is 1. The predicted molar refractivity (Wildman–Crippen MR) is 150 cm³/mol. The van der Waals surface area contributed by atoms with Crippen LogP contribution in [0.1, 0.15) is 35.7 Å². The van der Waals surface area contributed by atoms with Crippen LogP contribution in [0.4, 0.5) is 4.39 Å². The number of rotatable bonds is 12. The van der Waals surface area contributed by atoms with Crippen molar-refractivity contribution >= 4 is 40.7 Å². The number of carbonyl (C=O) groups is 3. The maximum atomic E-state index is 13.7. The third-order valence-electron chi connectivity index (χ3n) is 6.41. The van der Waals surface area contributed by atoms with Gasteiger partial charge >= 0.3 is 0 Å². The summed E-state index contributed by atoms with van der Waals surface area (Å²) in [7, 11) is 1.42. The molecule has 3 atom stereocenters. The zero-order valence-corrected chi connectivity index (χ0v) is 23.9. The Kier molecular flexibility index (Phi) is 11.3. The van der Waals surface area contributed by atoms with Crippen LogP contribution in [0.15, 0.2) is 48.0 Å². The van der Waals surface area contributed by atoms with Crippen LogP contribution in [0.5, 0.6) is 11.5 Å². The Morgan fingerprint density at radius 1 is 1.28 bits per heavy atom. The second-order valence-electron chi connectivity index (χ2n) is 8.99. The van der Waals surface area contributed by atoms with Gasteiger partial charge in [-0.2, -0.15) is 0 Å². The smallest absolute Gasteiger partial charge is 0.247 e. The zero-order valence-electron chi connectivity index (χ0n) is 21.7. The van der Waals surface area contributed by atoms with E-state index in [9.17, 15) is 23.9 Å². The number of amides is 2. The number of carbonyl (C=O) groups excluding carboxylic acids is 3. The van der Waals surface area contributed by atoms with E-state index in [0.717, 1.165) is 0 Å². The normalized spacial score (nSPS) is 18.6. The molecule has 11 heteroatoms. The maximum Gasteiger partial charge on any atom is 0.247 e. The first-order valence-electron chi connectivity index (χ1n) is 12.5. The molecule has 2 aromatic rings. The van der Waals surface area contributed by atoms with Crippen molar-refractivity contribution in [2.24, 2.45) is 0 Å². The molecule has 1 aliphatic rings. The van der Waals surface area contributed by atoms with E-state index in [1.54, 1.807) is 25.1 Å². The van der Waals surface area contributed by atoms with Crippen LogP contribution in [0.3, 0.4) is 0 Å². The van der Waals surface area contributed by atoms with E-state index < -0.39 is 24.2 Å². The molecule has 9 nitrogen and oxygen atoms in total. The molecule has 39 heavy (non-hydrogen) atoms. The summed E-state index contributed by atoms with van der Waals surface area (Å²) in [6.07, 6.45) is 0.442. The number of hydrogen-bond acceptors (Lipinski definition) is 7. The average Bonchev–Trinajstić information content (AvgIpc) is 2.93. The molecule has 0 aromatic heterocycles. The molecule has 0 saturated carbocycles. The second kappa shape index (κ2) is 14.4. The quantitative estimate of drug-likeness (QED) is 0.238. The molecule has 0 saturated heterocycles. The van der Waals surface area contributed by atoms with Crippen LogP contribution >= 0.6 is 22.6 Å². The summed E-state index contributed by atoms with van der Waals surface area (Å²) in [4.78, 5) is 38.8. The minimum absolute atomic E-state index is 0.0327. The lowest BCUT2D eigenvalue weighted by Gasteiger charge is -2.40. The van der Waals surface area contributed by atoms with Crippen molar-refractivity contribution in [3.05, 3.63) is 68.6 Å². The maximum absolute atomic E-state index is 13.7. The molecule has 210 valence electrons. The van der Waals surface area contributed by atoms with Gasteiger partial charge < -0.3 is 29.9 Å². The number of benzene rings is 2. The van der Waals surface area contributed by atoms with Crippen LogP contribution in [0, 0.1) is 9.39 Å². The molecule has 0 spiro atoms. The molecule has 3 N–H and O–H groups in total. The summed E-state index contributed by atoms with van der Waals surface area (Å²) >= 11 is 1.99. The lowest BCUT2D eigenvalue weighted by molar-refractivity contribution is -0.138. The van der Waals surface area contributed by atoms with Gasteiger partial charge in [0.1, 0.15) is 24.3 Å². The van der Waals surface area contributed by atoms with Crippen molar-refractivity contribution in [3.8, 4) is 11.5 Å². The fourth-order valence-electron chi connectivity index (χ4n) is 4.46. The number of halogens is 2. The summed E-state index contributed by atoms with van der Waals surface area (Å²) in [5.74, 6) is -0.546. The molecular formula is C28H32FIN2O7. The van der Waals surface area contributed by atoms with Crippen molar-refractivity contribution in [3.63, 3.8) is 0 Å². The average molecular weight is 654 g/mol. The van der Waals surface area contributed by atoms with Crippen molar-refractivity contribution in [1.82, 2.24) is 10.2 Å². The van der Waals surface area contributed by atoms with E-state index in [-0.39, 0.29) is 61.3 Å². The Labute approximate surface area is 240 Å². The molecule has 0 bridgehead atoms. The van der Waals surface area contributed by atoms with Crippen LogP contribution in [-0.4, -0.2) is 78.3 Å². The van der Waals surface area contributed by atoms with Gasteiger partial charge in [-0.15, -0.1) is 0 Å². The van der Waals surface area contributed by atoms with E-state index in [1.807, 2.05) is 22.6 Å². The van der Waals surface area contributed by atoms with Gasteiger partial charge in [0.15, 0.2) is 11.5 Å². The number of methoxy groups -OCH3 is 1. The fourth-order valence-corrected chi connectivity index (χ4v) is 5.21. The van der Waals surface area contributed by atoms with Crippen molar-refractivity contribution in [1.29, 1.82) is 0 Å². The fraction of sp³-hybridized carbons (Fsp3) is 0.393. The number of aliphatic hydroxyl groups is 2. The molecule has 2 amide bonds. The van der Waals surface area contributed by atoms with Crippen LogP contribution in [0.25, 0.3) is 0 Å². The second-order valence-corrected chi connectivity index (χ2v) is 10.2. The monoisotopic (exact) mass is 654 g/mol. The minimum Gasteiger partial charge on any atom is -0.493 e. The minimum atomic E-state index is -1.23. The highest BCUT2D eigenvalue weighted by Crippen LogP contribution is 2.37. The van der Waals surface area contributed by atoms with Gasteiger partial charge in [0.25, 0.3) is 0 Å². The van der Waals surface area contributed by atoms with Crippen LogP contribution < -0.4 is 14.8 Å². The highest BCUT2D eigenvalue weighted by Gasteiger charge is 2.40. The van der Waals surface area contributed by atoms with E-state index in [1.165, 1.54) is 36.3 Å². The highest BCUT2D eigenvalue weighted by atomic mass is 127. The van der Waals surface area contributed by atoms with Gasteiger partial charge in [-0.1, -0.05) is 19.1 Å². The summed E-state index contributed by atoms with van der Waals surface area (Å²) in [6.45, 7) is 1.67. The Bertz CT molecular complexity index is 1220. The SMILES string of the molecule is CCC(=O)N(CCc1cccc(F)c1)C1CC(C(=O)NCCO)=CC(Oc2c(I)cc(C=O)cc2OC)C1O. The molecule has 0 heterocycles. The van der Waals surface area contributed by atoms with E-state index in [2.05, 4.69) is 5.32 Å². The van der Waals surface area contributed by atoms with Gasteiger partial charge in [0.05, 0.1) is 23.3 Å². The van der Waals surface area contributed by atoms with E-state index >= 15 is 0 Å². The third kappa shape index (κ3) is 7.76. The summed E-state index contributed by atoms with van der Waals surface area (Å²) in [5.41, 5.74) is 1.34. The lowest BCUT2D eigenvalue weighted by Crippen LogP contribution is -2.55. The van der Waals surface area contributed by atoms with Crippen LogP contribution in [-0.2, 0) is 16.0 Å². The Morgan fingerprint density at radius 3 is 2.69 bits per heavy atom. The topological polar surface area (TPSA) is 125 Å². The Hall–Kier alpha value is -3.03. The van der Waals surface area contributed by atoms with E-state index in [0.29, 0.717) is 27.4 Å². The summed E-state index contributed by atoms with van der Waals surface area (Å²) < 4.78 is 25.9. The number of aldehydes is 1. The summed E-state index contributed by atoms with van der Waals surface area (Å²) in [6, 6.07) is 8.35. The zero-order chi connectivity index (χ0) is 28.5. The van der Waals surface area contributed by atoms with Crippen molar-refractivity contribution in [2.45, 2.75) is 44.4 Å². The first-order chi connectivity index (χ1) is 18.7. The van der Waals surface area contributed by atoms with E-state index in [4.69, 9.17) is 14.6 Å². The van der Waals surface area contributed by atoms with Gasteiger partial charge in [0.2, 0.25) is 11.8 Å². The van der Waals surface area contributed by atoms with Crippen molar-refractivity contribution in [2.75, 3.05) is 26.8 Å². The highest BCUT2D eigenvalue weighted by molar-refractivity contribution is 14.1. The molecular weight excluding hydrogens is 622 g/mol. The molecule has 0 radical (unpaired) electrons. The van der Waals surface area contributed by atoms with Crippen LogP contribution in [0.2, 0.25) is 0 Å². The molecule has 1 aliphatic carbocycles. The van der Waals surface area contributed by atoms with Gasteiger partial charge in [-0.3, -0.25) is 14.4 Å². The van der Waals surface area contributed by atoms with Gasteiger partial charge in [0, 0.05) is 37.1 Å². The van der Waals surface area contributed by atoms with Gasteiger partial charge in [-0.25, -0.2) is 4.39 Å². The first-order valence-corrected chi connectivity index (χ1v) is 13.6. The third-order valence-corrected chi connectivity index (χ3v) is 7.21. The summed E-state index contributed by atoms with van der Waals surface area (Å²) in [5, 5.41) is 23.3. The lowest BCUT2D eigenvalue weighted by atomic mass is 9.87. The Balaban J connectivity index is 1.97. The molecule has 3 unspecified atom stereocenters. The predicted octanol–water partition coefficient (Wildman–Crippen LogP) is 2.65. The molecule has 0 fully saturated rings. The van der Waals surface area contributed by atoms with Gasteiger partial charge in [-0.05, 0) is 64.9 Å². The van der Waals surface area contributed by atoms with Crippen molar-refractivity contribution < 1.29 is 38.5 Å².